The van der Waals surface area contributed by atoms with Crippen LogP contribution in [0.3, 0.4) is 0 Å². The van der Waals surface area contributed by atoms with Crippen LogP contribution in [0.4, 0.5) is 17.1 Å². The lowest BCUT2D eigenvalue weighted by molar-refractivity contribution is 0.669. The summed E-state index contributed by atoms with van der Waals surface area (Å²) in [5.74, 6) is 0. The van der Waals surface area contributed by atoms with E-state index in [1.165, 1.54) is 22.3 Å². The molecule has 0 fully saturated rings. The highest BCUT2D eigenvalue weighted by atomic mass is 16.3. The van der Waals surface area contributed by atoms with Crippen LogP contribution in [0, 0.1) is 0 Å². The first-order chi connectivity index (χ1) is 27.8. The Labute approximate surface area is 327 Å². The van der Waals surface area contributed by atoms with Crippen molar-refractivity contribution < 1.29 is 4.42 Å². The SMILES string of the molecule is c1ccc(-c2ccc(-c3ccccc3N(c3ccc(-c4ccc5oc6ccccc6c5c4)cc3)c3ccccc3-c3ccc(-c4ccccc4)cc3)cc2)cc1. The Morgan fingerprint density at radius 3 is 1.23 bits per heavy atom. The Morgan fingerprint density at radius 1 is 0.268 bits per heavy atom. The lowest BCUT2D eigenvalue weighted by Gasteiger charge is -2.30. The number of benzene rings is 9. The fraction of sp³-hybridized carbons (Fsp3) is 0. The van der Waals surface area contributed by atoms with Crippen molar-refractivity contribution in [3.05, 3.63) is 224 Å². The van der Waals surface area contributed by atoms with Gasteiger partial charge in [0.25, 0.3) is 0 Å². The van der Waals surface area contributed by atoms with Crippen LogP contribution >= 0.6 is 0 Å². The van der Waals surface area contributed by atoms with Crippen LogP contribution in [0.5, 0.6) is 0 Å². The maximum atomic E-state index is 6.14. The van der Waals surface area contributed by atoms with Crippen molar-refractivity contribution >= 4 is 39.0 Å². The van der Waals surface area contributed by atoms with Crippen LogP contribution in [0.1, 0.15) is 0 Å². The molecule has 0 aliphatic heterocycles. The van der Waals surface area contributed by atoms with E-state index in [2.05, 4.69) is 217 Å². The molecule has 0 unspecified atom stereocenters. The molecule has 56 heavy (non-hydrogen) atoms. The average molecular weight is 716 g/mol. The maximum Gasteiger partial charge on any atom is 0.135 e. The number of para-hydroxylation sites is 3. The van der Waals surface area contributed by atoms with Gasteiger partial charge in [-0.05, 0) is 87.0 Å². The molecule has 0 aliphatic rings. The molecule has 0 N–H and O–H groups in total. The van der Waals surface area contributed by atoms with E-state index in [0.29, 0.717) is 0 Å². The highest BCUT2D eigenvalue weighted by Crippen LogP contribution is 2.45. The van der Waals surface area contributed by atoms with Crippen molar-refractivity contribution in [1.29, 1.82) is 0 Å². The fourth-order valence-corrected chi connectivity index (χ4v) is 7.89. The van der Waals surface area contributed by atoms with Crippen molar-refractivity contribution in [2.24, 2.45) is 0 Å². The van der Waals surface area contributed by atoms with Gasteiger partial charge in [-0.2, -0.15) is 0 Å². The molecule has 0 spiro atoms. The minimum atomic E-state index is 0.902. The molecule has 10 rings (SSSR count). The van der Waals surface area contributed by atoms with E-state index in [1.807, 2.05) is 12.1 Å². The Kier molecular flexibility index (Phi) is 8.55. The Bertz CT molecular complexity index is 2800. The highest BCUT2D eigenvalue weighted by Gasteiger charge is 2.21. The van der Waals surface area contributed by atoms with Crippen molar-refractivity contribution in [2.75, 3.05) is 4.90 Å². The largest absolute Gasteiger partial charge is 0.456 e. The highest BCUT2D eigenvalue weighted by molar-refractivity contribution is 6.06. The van der Waals surface area contributed by atoms with Gasteiger partial charge in [-0.3, -0.25) is 0 Å². The quantitative estimate of drug-likeness (QED) is 0.156. The topological polar surface area (TPSA) is 16.4 Å². The van der Waals surface area contributed by atoms with Crippen molar-refractivity contribution in [3.8, 4) is 55.6 Å². The van der Waals surface area contributed by atoms with Crippen LogP contribution in [0.25, 0.3) is 77.6 Å². The molecule has 0 saturated heterocycles. The van der Waals surface area contributed by atoms with Gasteiger partial charge in [0.05, 0.1) is 11.4 Å². The van der Waals surface area contributed by atoms with E-state index in [-0.39, 0.29) is 0 Å². The van der Waals surface area contributed by atoms with Gasteiger partial charge < -0.3 is 9.32 Å². The van der Waals surface area contributed by atoms with Crippen LogP contribution in [0.2, 0.25) is 0 Å². The Balaban J connectivity index is 1.09. The summed E-state index contributed by atoms with van der Waals surface area (Å²) in [5, 5.41) is 2.26. The molecule has 2 heteroatoms. The minimum absolute atomic E-state index is 0.902. The lowest BCUT2D eigenvalue weighted by Crippen LogP contribution is -2.12. The second-order valence-electron chi connectivity index (χ2n) is 14.1. The average Bonchev–Trinajstić information content (AvgIpc) is 3.66. The molecule has 0 radical (unpaired) electrons. The molecule has 0 amide bonds. The van der Waals surface area contributed by atoms with E-state index in [1.54, 1.807) is 0 Å². The third kappa shape index (κ3) is 6.24. The van der Waals surface area contributed by atoms with E-state index in [4.69, 9.17) is 4.42 Å². The van der Waals surface area contributed by atoms with E-state index in [0.717, 1.165) is 72.4 Å². The third-order valence-corrected chi connectivity index (χ3v) is 10.7. The number of furan rings is 1. The van der Waals surface area contributed by atoms with Gasteiger partial charge in [0.2, 0.25) is 0 Å². The molecule has 264 valence electrons. The number of nitrogens with zero attached hydrogens (tertiary/aromatic N) is 1. The summed E-state index contributed by atoms with van der Waals surface area (Å²) in [5.41, 5.74) is 16.8. The summed E-state index contributed by atoms with van der Waals surface area (Å²) >= 11 is 0. The Morgan fingerprint density at radius 2 is 0.661 bits per heavy atom. The van der Waals surface area contributed by atoms with Crippen molar-refractivity contribution in [1.82, 2.24) is 0 Å². The van der Waals surface area contributed by atoms with E-state index >= 15 is 0 Å². The summed E-state index contributed by atoms with van der Waals surface area (Å²) in [7, 11) is 0. The number of hydrogen-bond acceptors (Lipinski definition) is 2. The normalized spacial score (nSPS) is 11.2. The third-order valence-electron chi connectivity index (χ3n) is 10.7. The molecule has 10 aromatic rings. The zero-order valence-corrected chi connectivity index (χ0v) is 30.7. The van der Waals surface area contributed by atoms with E-state index in [9.17, 15) is 0 Å². The van der Waals surface area contributed by atoms with Crippen LogP contribution < -0.4 is 4.90 Å². The molecule has 2 nitrogen and oxygen atoms in total. The standard InChI is InChI=1S/C54H37NO/c1-3-13-38(14-4-1)40-23-27-43(28-24-40)47-17-7-10-20-51(47)55(52-21-11-8-18-48(52)44-29-25-41(26-30-44)39-15-5-2-6-16-39)46-34-31-42(32-35-46)45-33-36-54-50(37-45)49-19-9-12-22-53(49)56-54/h1-37H. The lowest BCUT2D eigenvalue weighted by atomic mass is 9.96. The van der Waals surface area contributed by atoms with Crippen molar-refractivity contribution in [3.63, 3.8) is 0 Å². The van der Waals surface area contributed by atoms with Gasteiger partial charge in [0.1, 0.15) is 11.2 Å². The van der Waals surface area contributed by atoms with Crippen LogP contribution in [-0.4, -0.2) is 0 Å². The zero-order chi connectivity index (χ0) is 37.3. The molecule has 0 bridgehead atoms. The zero-order valence-electron chi connectivity index (χ0n) is 30.7. The van der Waals surface area contributed by atoms with Gasteiger partial charge in [0.15, 0.2) is 0 Å². The van der Waals surface area contributed by atoms with Gasteiger partial charge in [-0.15, -0.1) is 0 Å². The molecule has 0 saturated carbocycles. The molecule has 0 aliphatic carbocycles. The fourth-order valence-electron chi connectivity index (χ4n) is 7.89. The summed E-state index contributed by atoms with van der Waals surface area (Å²) in [6.07, 6.45) is 0. The van der Waals surface area contributed by atoms with Gasteiger partial charge in [-0.25, -0.2) is 0 Å². The smallest absolute Gasteiger partial charge is 0.135 e. The van der Waals surface area contributed by atoms with Gasteiger partial charge in [0, 0.05) is 27.6 Å². The minimum Gasteiger partial charge on any atom is -0.456 e. The summed E-state index contributed by atoms with van der Waals surface area (Å²) < 4.78 is 6.14. The molecular weight excluding hydrogens is 679 g/mol. The monoisotopic (exact) mass is 715 g/mol. The summed E-state index contributed by atoms with van der Waals surface area (Å²) in [6, 6.07) is 80.2. The van der Waals surface area contributed by atoms with Gasteiger partial charge >= 0.3 is 0 Å². The molecular formula is C54H37NO. The second kappa shape index (κ2) is 14.4. The summed E-state index contributed by atoms with van der Waals surface area (Å²) in [6.45, 7) is 0. The van der Waals surface area contributed by atoms with Gasteiger partial charge in [-0.1, -0.05) is 182 Å². The molecule has 0 atom stereocenters. The predicted molar refractivity (Wildman–Crippen MR) is 236 cm³/mol. The predicted octanol–water partition coefficient (Wildman–Crippen LogP) is 15.4. The first kappa shape index (κ1) is 33.2. The van der Waals surface area contributed by atoms with E-state index < -0.39 is 0 Å². The molecule has 1 heterocycles. The number of hydrogen-bond donors (Lipinski definition) is 0. The Hall–Kier alpha value is -7.42. The first-order valence-corrected chi connectivity index (χ1v) is 19.1. The number of rotatable bonds is 8. The molecule has 9 aromatic carbocycles. The molecule has 1 aromatic heterocycles. The number of anilines is 3. The van der Waals surface area contributed by atoms with Crippen LogP contribution in [-0.2, 0) is 0 Å². The number of fused-ring (bicyclic) bond motifs is 3. The first-order valence-electron chi connectivity index (χ1n) is 19.1. The van der Waals surface area contributed by atoms with Crippen molar-refractivity contribution in [2.45, 2.75) is 0 Å². The summed E-state index contributed by atoms with van der Waals surface area (Å²) in [4.78, 5) is 2.41. The van der Waals surface area contributed by atoms with Crippen LogP contribution in [0.15, 0.2) is 229 Å². The second-order valence-corrected chi connectivity index (χ2v) is 14.1. The maximum absolute atomic E-state index is 6.14.